The molecule has 1 aromatic rings. The third-order valence-corrected chi connectivity index (χ3v) is 4.41. The SMILES string of the molecule is CC1CCCC(CNCc2cc(Cl)ccc2Cl)C1. The van der Waals surface area contributed by atoms with Gasteiger partial charge in [-0.05, 0) is 55.0 Å². The first-order valence-corrected chi connectivity index (χ1v) is 7.55. The lowest BCUT2D eigenvalue weighted by molar-refractivity contribution is 0.274. The van der Waals surface area contributed by atoms with Gasteiger partial charge in [0.25, 0.3) is 0 Å². The van der Waals surface area contributed by atoms with Gasteiger partial charge in [0, 0.05) is 16.6 Å². The first kappa shape index (κ1) is 14.2. The Morgan fingerprint density at radius 2 is 2.11 bits per heavy atom. The Hall–Kier alpha value is -0.240. The van der Waals surface area contributed by atoms with Crippen LogP contribution in [0.1, 0.15) is 38.2 Å². The predicted octanol–water partition coefficient (Wildman–Crippen LogP) is 4.91. The van der Waals surface area contributed by atoms with Crippen molar-refractivity contribution in [3.63, 3.8) is 0 Å². The molecule has 1 aromatic carbocycles. The van der Waals surface area contributed by atoms with Crippen molar-refractivity contribution in [1.82, 2.24) is 5.32 Å². The highest BCUT2D eigenvalue weighted by Gasteiger charge is 2.18. The molecule has 2 unspecified atom stereocenters. The molecule has 0 bridgehead atoms. The molecule has 0 aromatic heterocycles. The maximum Gasteiger partial charge on any atom is 0.0451 e. The fourth-order valence-electron chi connectivity index (χ4n) is 2.83. The van der Waals surface area contributed by atoms with Gasteiger partial charge >= 0.3 is 0 Å². The van der Waals surface area contributed by atoms with Crippen LogP contribution < -0.4 is 5.32 Å². The number of rotatable bonds is 4. The van der Waals surface area contributed by atoms with Crippen LogP contribution in [0.5, 0.6) is 0 Å². The molecule has 1 N–H and O–H groups in total. The average molecular weight is 286 g/mol. The largest absolute Gasteiger partial charge is 0.312 e. The summed E-state index contributed by atoms with van der Waals surface area (Å²) in [5.41, 5.74) is 1.09. The van der Waals surface area contributed by atoms with Crippen molar-refractivity contribution in [2.75, 3.05) is 6.54 Å². The van der Waals surface area contributed by atoms with Crippen molar-refractivity contribution in [2.45, 2.75) is 39.2 Å². The second-order valence-corrected chi connectivity index (χ2v) is 6.35. The van der Waals surface area contributed by atoms with Crippen LogP contribution in [0, 0.1) is 11.8 Å². The summed E-state index contributed by atoms with van der Waals surface area (Å²) in [5.74, 6) is 1.71. The predicted molar refractivity (Wildman–Crippen MR) is 79.3 cm³/mol. The van der Waals surface area contributed by atoms with E-state index in [1.807, 2.05) is 18.2 Å². The van der Waals surface area contributed by atoms with Crippen molar-refractivity contribution < 1.29 is 0 Å². The van der Waals surface area contributed by atoms with Gasteiger partial charge in [-0.1, -0.05) is 43.0 Å². The third kappa shape index (κ3) is 4.15. The monoisotopic (exact) mass is 285 g/mol. The van der Waals surface area contributed by atoms with E-state index in [-0.39, 0.29) is 0 Å². The standard InChI is InChI=1S/C15H21Cl2N/c1-11-3-2-4-12(7-11)9-18-10-13-8-14(16)5-6-15(13)17/h5-6,8,11-12,18H,2-4,7,9-10H2,1H3. The van der Waals surface area contributed by atoms with Crippen LogP contribution in [0.2, 0.25) is 10.0 Å². The summed E-state index contributed by atoms with van der Waals surface area (Å²) in [4.78, 5) is 0. The Balaban J connectivity index is 1.79. The number of halogens is 2. The minimum absolute atomic E-state index is 0.752. The highest BCUT2D eigenvalue weighted by atomic mass is 35.5. The zero-order chi connectivity index (χ0) is 13.0. The van der Waals surface area contributed by atoms with Crippen molar-refractivity contribution >= 4 is 23.2 Å². The molecule has 0 amide bonds. The van der Waals surface area contributed by atoms with E-state index in [1.165, 1.54) is 25.7 Å². The van der Waals surface area contributed by atoms with Gasteiger partial charge < -0.3 is 5.32 Å². The normalized spacial score (nSPS) is 24.2. The Morgan fingerprint density at radius 3 is 2.89 bits per heavy atom. The van der Waals surface area contributed by atoms with Crippen molar-refractivity contribution in [3.8, 4) is 0 Å². The highest BCUT2D eigenvalue weighted by molar-refractivity contribution is 6.33. The summed E-state index contributed by atoms with van der Waals surface area (Å²) in [6.07, 6.45) is 5.50. The summed E-state index contributed by atoms with van der Waals surface area (Å²) in [7, 11) is 0. The van der Waals surface area contributed by atoms with Gasteiger partial charge in [-0.15, -0.1) is 0 Å². The van der Waals surface area contributed by atoms with E-state index in [1.54, 1.807) is 0 Å². The topological polar surface area (TPSA) is 12.0 Å². The van der Waals surface area contributed by atoms with Crippen LogP contribution in [0.25, 0.3) is 0 Å². The molecule has 100 valence electrons. The van der Waals surface area contributed by atoms with Gasteiger partial charge in [0.2, 0.25) is 0 Å². The molecule has 0 heterocycles. The minimum Gasteiger partial charge on any atom is -0.312 e. The molecule has 1 fully saturated rings. The fourth-order valence-corrected chi connectivity index (χ4v) is 3.21. The van der Waals surface area contributed by atoms with E-state index in [9.17, 15) is 0 Å². The molecule has 0 radical (unpaired) electrons. The maximum absolute atomic E-state index is 6.14. The molecule has 0 aliphatic heterocycles. The number of nitrogens with one attached hydrogen (secondary N) is 1. The number of benzene rings is 1. The molecule has 1 aliphatic rings. The van der Waals surface area contributed by atoms with Crippen LogP contribution in [0.4, 0.5) is 0 Å². The van der Waals surface area contributed by atoms with E-state index < -0.39 is 0 Å². The molecule has 2 rings (SSSR count). The van der Waals surface area contributed by atoms with Crippen LogP contribution >= 0.6 is 23.2 Å². The second-order valence-electron chi connectivity index (χ2n) is 5.50. The zero-order valence-electron chi connectivity index (χ0n) is 10.9. The molecule has 2 atom stereocenters. The molecular weight excluding hydrogens is 265 g/mol. The van der Waals surface area contributed by atoms with Crippen molar-refractivity contribution in [1.29, 1.82) is 0 Å². The Bertz CT molecular complexity index is 392. The van der Waals surface area contributed by atoms with Crippen molar-refractivity contribution in [3.05, 3.63) is 33.8 Å². The fraction of sp³-hybridized carbons (Fsp3) is 0.600. The maximum atomic E-state index is 6.14. The Morgan fingerprint density at radius 1 is 1.28 bits per heavy atom. The van der Waals surface area contributed by atoms with E-state index in [0.29, 0.717) is 0 Å². The summed E-state index contributed by atoms with van der Waals surface area (Å²) in [5, 5.41) is 5.06. The van der Waals surface area contributed by atoms with Gasteiger partial charge in [0.15, 0.2) is 0 Å². The lowest BCUT2D eigenvalue weighted by Gasteiger charge is -2.26. The summed E-state index contributed by atoms with van der Waals surface area (Å²) in [6, 6.07) is 5.64. The lowest BCUT2D eigenvalue weighted by atomic mass is 9.82. The zero-order valence-corrected chi connectivity index (χ0v) is 12.4. The first-order chi connectivity index (χ1) is 8.65. The van der Waals surface area contributed by atoms with Gasteiger partial charge in [-0.3, -0.25) is 0 Å². The molecule has 1 nitrogen and oxygen atoms in total. The molecule has 18 heavy (non-hydrogen) atoms. The van der Waals surface area contributed by atoms with Crippen molar-refractivity contribution in [2.24, 2.45) is 11.8 Å². The molecule has 1 saturated carbocycles. The van der Waals surface area contributed by atoms with Gasteiger partial charge in [0.05, 0.1) is 0 Å². The van der Waals surface area contributed by atoms with Gasteiger partial charge in [-0.25, -0.2) is 0 Å². The minimum atomic E-state index is 0.752. The molecule has 0 spiro atoms. The molecular formula is C15H21Cl2N. The highest BCUT2D eigenvalue weighted by Crippen LogP contribution is 2.28. The molecule has 1 aliphatic carbocycles. The average Bonchev–Trinajstić information content (AvgIpc) is 2.34. The van der Waals surface area contributed by atoms with E-state index in [4.69, 9.17) is 23.2 Å². The summed E-state index contributed by atoms with van der Waals surface area (Å²) < 4.78 is 0. The van der Waals surface area contributed by atoms with Crippen LogP contribution in [0.15, 0.2) is 18.2 Å². The Labute approximate surface area is 120 Å². The first-order valence-electron chi connectivity index (χ1n) is 6.80. The van der Waals surface area contributed by atoms with Gasteiger partial charge in [0.1, 0.15) is 0 Å². The summed E-state index contributed by atoms with van der Waals surface area (Å²) in [6.45, 7) is 4.26. The van der Waals surface area contributed by atoms with E-state index in [2.05, 4.69) is 12.2 Å². The smallest absolute Gasteiger partial charge is 0.0451 e. The summed E-state index contributed by atoms with van der Waals surface area (Å²) >= 11 is 12.1. The Kier molecular flexibility index (Phi) is 5.35. The van der Waals surface area contributed by atoms with Crippen LogP contribution in [-0.4, -0.2) is 6.54 Å². The lowest BCUT2D eigenvalue weighted by Crippen LogP contribution is -2.26. The molecule has 3 heteroatoms. The molecule has 0 saturated heterocycles. The second kappa shape index (κ2) is 6.79. The third-order valence-electron chi connectivity index (χ3n) is 3.80. The van der Waals surface area contributed by atoms with E-state index in [0.717, 1.165) is 40.5 Å². The van der Waals surface area contributed by atoms with Crippen LogP contribution in [0.3, 0.4) is 0 Å². The number of hydrogen-bond donors (Lipinski definition) is 1. The quantitative estimate of drug-likeness (QED) is 0.829. The number of hydrogen-bond acceptors (Lipinski definition) is 1. The van der Waals surface area contributed by atoms with E-state index >= 15 is 0 Å². The van der Waals surface area contributed by atoms with Crippen LogP contribution in [-0.2, 0) is 6.54 Å². The van der Waals surface area contributed by atoms with Gasteiger partial charge in [-0.2, -0.15) is 0 Å².